The standard InChI is InChI=1S/C6H9FO2/c1-6(5(7)8)3-2-4-9-6/h2-4H2,1H3. The van der Waals surface area contributed by atoms with Crippen LogP contribution in [0.1, 0.15) is 19.8 Å². The van der Waals surface area contributed by atoms with Gasteiger partial charge in [0.1, 0.15) is 0 Å². The summed E-state index contributed by atoms with van der Waals surface area (Å²) in [4.78, 5) is 10.2. The van der Waals surface area contributed by atoms with Gasteiger partial charge in [0.2, 0.25) is 0 Å². The van der Waals surface area contributed by atoms with Crippen LogP contribution in [0.5, 0.6) is 0 Å². The van der Waals surface area contributed by atoms with Crippen molar-refractivity contribution in [3.63, 3.8) is 0 Å². The van der Waals surface area contributed by atoms with Crippen LogP contribution in [0.15, 0.2) is 0 Å². The van der Waals surface area contributed by atoms with Crippen molar-refractivity contribution in [3.8, 4) is 0 Å². The second kappa shape index (κ2) is 2.06. The third kappa shape index (κ3) is 1.10. The fraction of sp³-hybridized carbons (Fsp3) is 0.833. The number of ether oxygens (including phenoxy) is 1. The third-order valence-electron chi connectivity index (χ3n) is 1.63. The van der Waals surface area contributed by atoms with E-state index in [-0.39, 0.29) is 0 Å². The summed E-state index contributed by atoms with van der Waals surface area (Å²) in [5.41, 5.74) is -1.11. The van der Waals surface area contributed by atoms with Gasteiger partial charge >= 0.3 is 6.04 Å². The summed E-state index contributed by atoms with van der Waals surface area (Å²) in [6, 6.07) is -1.35. The average molecular weight is 132 g/mol. The van der Waals surface area contributed by atoms with Gasteiger partial charge in [0, 0.05) is 6.61 Å². The van der Waals surface area contributed by atoms with E-state index in [0.717, 1.165) is 6.42 Å². The van der Waals surface area contributed by atoms with Crippen LogP contribution in [0.25, 0.3) is 0 Å². The Kier molecular flexibility index (Phi) is 1.53. The van der Waals surface area contributed by atoms with Crippen LogP contribution in [-0.4, -0.2) is 18.2 Å². The topological polar surface area (TPSA) is 26.3 Å². The first kappa shape index (κ1) is 6.68. The molecule has 3 heteroatoms. The highest BCUT2D eigenvalue weighted by Gasteiger charge is 2.37. The Bertz CT molecular complexity index is 127. The highest BCUT2D eigenvalue weighted by Crippen LogP contribution is 2.25. The van der Waals surface area contributed by atoms with Crippen molar-refractivity contribution >= 4 is 6.04 Å². The quantitative estimate of drug-likeness (QED) is 0.498. The van der Waals surface area contributed by atoms with Gasteiger partial charge in [0.25, 0.3) is 0 Å². The highest BCUT2D eigenvalue weighted by atomic mass is 19.1. The van der Waals surface area contributed by atoms with Gasteiger partial charge in [-0.05, 0) is 19.8 Å². The van der Waals surface area contributed by atoms with E-state index in [4.69, 9.17) is 4.74 Å². The number of carbonyl (C=O) groups is 1. The van der Waals surface area contributed by atoms with E-state index in [0.29, 0.717) is 13.0 Å². The number of hydrogen-bond acceptors (Lipinski definition) is 2. The average Bonchev–Trinajstić information content (AvgIpc) is 2.16. The van der Waals surface area contributed by atoms with Gasteiger partial charge in [-0.15, -0.1) is 0 Å². The molecule has 9 heavy (non-hydrogen) atoms. The van der Waals surface area contributed by atoms with Crippen molar-refractivity contribution in [3.05, 3.63) is 0 Å². The molecule has 1 atom stereocenters. The molecule has 1 aliphatic rings. The van der Waals surface area contributed by atoms with Crippen LogP contribution < -0.4 is 0 Å². The molecule has 0 saturated carbocycles. The predicted octanol–water partition coefficient (Wildman–Crippen LogP) is 1.05. The number of carbonyl (C=O) groups excluding carboxylic acids is 1. The lowest BCUT2D eigenvalue weighted by Crippen LogP contribution is -2.30. The molecule has 1 heterocycles. The Labute approximate surface area is 53.0 Å². The van der Waals surface area contributed by atoms with Gasteiger partial charge < -0.3 is 4.74 Å². The largest absolute Gasteiger partial charge is 0.364 e. The van der Waals surface area contributed by atoms with Crippen LogP contribution in [-0.2, 0) is 9.53 Å². The Morgan fingerprint density at radius 1 is 1.78 bits per heavy atom. The van der Waals surface area contributed by atoms with E-state index in [1.54, 1.807) is 0 Å². The van der Waals surface area contributed by atoms with Crippen molar-refractivity contribution in [2.75, 3.05) is 6.61 Å². The smallest absolute Gasteiger partial charge is 0.332 e. The Balaban J connectivity index is 2.61. The van der Waals surface area contributed by atoms with E-state index in [9.17, 15) is 9.18 Å². The summed E-state index contributed by atoms with van der Waals surface area (Å²) >= 11 is 0. The first-order valence-corrected chi connectivity index (χ1v) is 2.99. The molecule has 0 aromatic carbocycles. The normalized spacial score (nSPS) is 34.9. The van der Waals surface area contributed by atoms with E-state index in [2.05, 4.69) is 0 Å². The van der Waals surface area contributed by atoms with E-state index >= 15 is 0 Å². The Morgan fingerprint density at radius 3 is 2.67 bits per heavy atom. The predicted molar refractivity (Wildman–Crippen MR) is 29.7 cm³/mol. The van der Waals surface area contributed by atoms with Gasteiger partial charge in [-0.3, -0.25) is 4.79 Å². The zero-order chi connectivity index (χ0) is 6.91. The summed E-state index contributed by atoms with van der Waals surface area (Å²) < 4.78 is 16.9. The maximum absolute atomic E-state index is 12.0. The zero-order valence-corrected chi connectivity index (χ0v) is 5.32. The van der Waals surface area contributed by atoms with Crippen molar-refractivity contribution < 1.29 is 13.9 Å². The molecular weight excluding hydrogens is 123 g/mol. The molecule has 2 nitrogen and oxygen atoms in total. The number of rotatable bonds is 1. The molecule has 0 N–H and O–H groups in total. The minimum absolute atomic E-state index is 0.506. The lowest BCUT2D eigenvalue weighted by Gasteiger charge is -2.14. The van der Waals surface area contributed by atoms with E-state index in [1.807, 2.05) is 0 Å². The molecule has 1 unspecified atom stereocenters. The molecule has 1 saturated heterocycles. The maximum Gasteiger partial charge on any atom is 0.332 e. The maximum atomic E-state index is 12.0. The molecule has 0 radical (unpaired) electrons. The molecule has 1 rings (SSSR count). The first-order valence-electron chi connectivity index (χ1n) is 2.99. The fourth-order valence-corrected chi connectivity index (χ4v) is 0.934. The molecule has 1 fully saturated rings. The SMILES string of the molecule is CC1(C(=O)F)CCCO1. The van der Waals surface area contributed by atoms with Crippen molar-refractivity contribution in [1.29, 1.82) is 0 Å². The fourth-order valence-electron chi connectivity index (χ4n) is 0.934. The van der Waals surface area contributed by atoms with E-state index in [1.165, 1.54) is 6.92 Å². The van der Waals surface area contributed by atoms with Crippen LogP contribution in [0.2, 0.25) is 0 Å². The van der Waals surface area contributed by atoms with Gasteiger partial charge in [0.15, 0.2) is 5.60 Å². The summed E-state index contributed by atoms with van der Waals surface area (Å²) in [7, 11) is 0. The number of hydrogen-bond donors (Lipinski definition) is 0. The minimum atomic E-state index is -1.35. The molecule has 0 aromatic heterocycles. The Morgan fingerprint density at radius 2 is 2.44 bits per heavy atom. The monoisotopic (exact) mass is 132 g/mol. The number of halogens is 1. The van der Waals surface area contributed by atoms with Crippen LogP contribution >= 0.6 is 0 Å². The van der Waals surface area contributed by atoms with Gasteiger partial charge in [0.05, 0.1) is 0 Å². The Hall–Kier alpha value is -0.440. The van der Waals surface area contributed by atoms with Crippen molar-refractivity contribution in [1.82, 2.24) is 0 Å². The first-order chi connectivity index (χ1) is 4.15. The zero-order valence-electron chi connectivity index (χ0n) is 5.32. The molecule has 0 amide bonds. The second-order valence-corrected chi connectivity index (χ2v) is 2.46. The van der Waals surface area contributed by atoms with Crippen molar-refractivity contribution in [2.45, 2.75) is 25.4 Å². The molecule has 0 bridgehead atoms. The summed E-state index contributed by atoms with van der Waals surface area (Å²) in [6.07, 6.45) is 1.30. The summed E-state index contributed by atoms with van der Waals surface area (Å²) in [5, 5.41) is 0. The molecule has 1 aliphatic heterocycles. The molecule has 0 aliphatic carbocycles. The summed E-state index contributed by atoms with van der Waals surface area (Å²) in [6.45, 7) is 1.99. The van der Waals surface area contributed by atoms with Gasteiger partial charge in [-0.2, -0.15) is 4.39 Å². The van der Waals surface area contributed by atoms with Crippen molar-refractivity contribution in [2.24, 2.45) is 0 Å². The van der Waals surface area contributed by atoms with Gasteiger partial charge in [-0.1, -0.05) is 0 Å². The van der Waals surface area contributed by atoms with Crippen LogP contribution in [0.3, 0.4) is 0 Å². The van der Waals surface area contributed by atoms with E-state index < -0.39 is 11.6 Å². The van der Waals surface area contributed by atoms with Gasteiger partial charge in [-0.25, -0.2) is 0 Å². The summed E-state index contributed by atoms with van der Waals surface area (Å²) in [5.74, 6) is 0. The second-order valence-electron chi connectivity index (χ2n) is 2.46. The highest BCUT2D eigenvalue weighted by molar-refractivity contribution is 5.78. The molecule has 0 aromatic rings. The van der Waals surface area contributed by atoms with Crippen LogP contribution in [0, 0.1) is 0 Å². The molecular formula is C6H9FO2. The lowest BCUT2D eigenvalue weighted by molar-refractivity contribution is -0.149. The molecule has 0 spiro atoms. The van der Waals surface area contributed by atoms with Crippen LogP contribution in [0.4, 0.5) is 4.39 Å². The third-order valence-corrected chi connectivity index (χ3v) is 1.63. The minimum Gasteiger partial charge on any atom is -0.364 e. The lowest BCUT2D eigenvalue weighted by atomic mass is 10.0. The molecule has 52 valence electrons.